The first-order valence-electron chi connectivity index (χ1n) is 7.27. The first kappa shape index (κ1) is 15.1. The number of amides is 1. The third-order valence-electron chi connectivity index (χ3n) is 3.36. The maximum atomic E-state index is 12.3. The molecule has 0 spiro atoms. The van der Waals surface area contributed by atoms with Gasteiger partial charge in [-0.15, -0.1) is 0 Å². The molecular formula is C18H21NO2. The number of nitrogens with one attached hydrogen (secondary N) is 1. The summed E-state index contributed by atoms with van der Waals surface area (Å²) in [6.45, 7) is 4.49. The van der Waals surface area contributed by atoms with Gasteiger partial charge in [0.15, 0.2) is 0 Å². The third-order valence-corrected chi connectivity index (χ3v) is 3.36. The minimum Gasteiger partial charge on any atom is -0.488 e. The van der Waals surface area contributed by atoms with Gasteiger partial charge in [-0.3, -0.25) is 4.79 Å². The van der Waals surface area contributed by atoms with Crippen LogP contribution in [0.25, 0.3) is 0 Å². The fourth-order valence-electron chi connectivity index (χ4n) is 1.92. The molecule has 0 aliphatic heterocycles. The van der Waals surface area contributed by atoms with E-state index in [1.54, 1.807) is 6.07 Å². The zero-order valence-corrected chi connectivity index (χ0v) is 12.5. The molecule has 0 aliphatic rings. The number of carbonyl (C=O) groups excluding carboxylic acids is 1. The van der Waals surface area contributed by atoms with Crippen molar-refractivity contribution < 1.29 is 9.53 Å². The quantitative estimate of drug-likeness (QED) is 0.876. The van der Waals surface area contributed by atoms with Crippen molar-refractivity contribution in [2.24, 2.45) is 0 Å². The Bertz CT molecular complexity index is 581. The van der Waals surface area contributed by atoms with E-state index >= 15 is 0 Å². The maximum Gasteiger partial charge on any atom is 0.255 e. The van der Waals surface area contributed by atoms with Crippen molar-refractivity contribution in [1.82, 2.24) is 5.32 Å². The van der Waals surface area contributed by atoms with Crippen molar-refractivity contribution >= 4 is 5.91 Å². The molecule has 2 aromatic rings. The van der Waals surface area contributed by atoms with Gasteiger partial charge in [-0.05, 0) is 31.0 Å². The van der Waals surface area contributed by atoms with Crippen molar-refractivity contribution in [1.29, 1.82) is 0 Å². The van der Waals surface area contributed by atoms with E-state index in [-0.39, 0.29) is 11.9 Å². The average molecular weight is 283 g/mol. The Kier molecular flexibility index (Phi) is 5.38. The van der Waals surface area contributed by atoms with Gasteiger partial charge in [0.1, 0.15) is 12.4 Å². The Morgan fingerprint density at radius 1 is 1.10 bits per heavy atom. The zero-order chi connectivity index (χ0) is 15.1. The van der Waals surface area contributed by atoms with E-state index in [0.717, 1.165) is 12.0 Å². The van der Waals surface area contributed by atoms with E-state index < -0.39 is 0 Å². The second kappa shape index (κ2) is 7.48. The Morgan fingerprint density at radius 3 is 2.48 bits per heavy atom. The average Bonchev–Trinajstić information content (AvgIpc) is 2.54. The van der Waals surface area contributed by atoms with Gasteiger partial charge >= 0.3 is 0 Å². The molecule has 0 aromatic heterocycles. The van der Waals surface area contributed by atoms with Crippen LogP contribution < -0.4 is 10.1 Å². The van der Waals surface area contributed by atoms with Crippen LogP contribution in [-0.4, -0.2) is 11.9 Å². The molecule has 2 rings (SSSR count). The lowest BCUT2D eigenvalue weighted by Gasteiger charge is -2.14. The lowest BCUT2D eigenvalue weighted by Crippen LogP contribution is -2.32. The molecule has 21 heavy (non-hydrogen) atoms. The molecule has 0 saturated heterocycles. The fourth-order valence-corrected chi connectivity index (χ4v) is 1.92. The Balaban J connectivity index is 2.08. The predicted octanol–water partition coefficient (Wildman–Crippen LogP) is 3.79. The van der Waals surface area contributed by atoms with E-state index in [1.807, 2.05) is 62.4 Å². The molecule has 0 saturated carbocycles. The highest BCUT2D eigenvalue weighted by atomic mass is 16.5. The lowest BCUT2D eigenvalue weighted by atomic mass is 10.1. The van der Waals surface area contributed by atoms with Crippen molar-refractivity contribution in [3.05, 3.63) is 65.7 Å². The van der Waals surface area contributed by atoms with Gasteiger partial charge in [-0.2, -0.15) is 0 Å². The fraction of sp³-hybridized carbons (Fsp3) is 0.278. The summed E-state index contributed by atoms with van der Waals surface area (Å²) >= 11 is 0. The normalized spacial score (nSPS) is 11.7. The highest BCUT2D eigenvalue weighted by Crippen LogP contribution is 2.19. The smallest absolute Gasteiger partial charge is 0.255 e. The van der Waals surface area contributed by atoms with Crippen LogP contribution in [0.2, 0.25) is 0 Å². The van der Waals surface area contributed by atoms with E-state index in [0.29, 0.717) is 17.9 Å². The molecule has 1 N–H and O–H groups in total. The molecule has 2 aromatic carbocycles. The van der Waals surface area contributed by atoms with Crippen molar-refractivity contribution in [2.75, 3.05) is 0 Å². The molecule has 0 radical (unpaired) electrons. The molecule has 0 bridgehead atoms. The molecule has 0 heterocycles. The number of hydrogen-bond donors (Lipinski definition) is 1. The summed E-state index contributed by atoms with van der Waals surface area (Å²) < 4.78 is 5.80. The predicted molar refractivity (Wildman–Crippen MR) is 84.4 cm³/mol. The second-order valence-corrected chi connectivity index (χ2v) is 5.05. The number of carbonyl (C=O) groups is 1. The molecule has 1 amide bonds. The summed E-state index contributed by atoms with van der Waals surface area (Å²) in [7, 11) is 0. The van der Waals surface area contributed by atoms with Gasteiger partial charge in [0.2, 0.25) is 0 Å². The number of hydrogen-bond acceptors (Lipinski definition) is 2. The van der Waals surface area contributed by atoms with Gasteiger partial charge in [0.05, 0.1) is 5.56 Å². The lowest BCUT2D eigenvalue weighted by molar-refractivity contribution is 0.0934. The number of benzene rings is 2. The molecule has 0 fully saturated rings. The van der Waals surface area contributed by atoms with Crippen LogP contribution in [0.15, 0.2) is 54.6 Å². The van der Waals surface area contributed by atoms with Crippen LogP contribution >= 0.6 is 0 Å². The van der Waals surface area contributed by atoms with Gasteiger partial charge in [0.25, 0.3) is 5.91 Å². The largest absolute Gasteiger partial charge is 0.488 e. The molecule has 3 nitrogen and oxygen atoms in total. The number of ether oxygens (including phenoxy) is 1. The van der Waals surface area contributed by atoms with E-state index in [4.69, 9.17) is 4.74 Å². The SMILES string of the molecule is CCC(C)NC(=O)c1ccccc1OCc1ccccc1. The van der Waals surface area contributed by atoms with Crippen LogP contribution in [0.1, 0.15) is 36.2 Å². The van der Waals surface area contributed by atoms with Crippen LogP contribution in [0.4, 0.5) is 0 Å². The number of para-hydroxylation sites is 1. The maximum absolute atomic E-state index is 12.3. The molecular weight excluding hydrogens is 262 g/mol. The Morgan fingerprint density at radius 2 is 1.76 bits per heavy atom. The summed E-state index contributed by atoms with van der Waals surface area (Å²) in [6.07, 6.45) is 0.902. The summed E-state index contributed by atoms with van der Waals surface area (Å²) in [5, 5.41) is 2.97. The zero-order valence-electron chi connectivity index (χ0n) is 12.5. The minimum atomic E-state index is -0.0898. The van der Waals surface area contributed by atoms with Crippen molar-refractivity contribution in [2.45, 2.75) is 32.9 Å². The summed E-state index contributed by atoms with van der Waals surface area (Å²) in [6, 6.07) is 17.4. The highest BCUT2D eigenvalue weighted by molar-refractivity contribution is 5.97. The summed E-state index contributed by atoms with van der Waals surface area (Å²) in [5.41, 5.74) is 1.66. The molecule has 110 valence electrons. The second-order valence-electron chi connectivity index (χ2n) is 5.05. The highest BCUT2D eigenvalue weighted by Gasteiger charge is 2.13. The van der Waals surface area contributed by atoms with Crippen molar-refractivity contribution in [3.63, 3.8) is 0 Å². The molecule has 0 aliphatic carbocycles. The van der Waals surface area contributed by atoms with E-state index in [9.17, 15) is 4.79 Å². The minimum absolute atomic E-state index is 0.0898. The van der Waals surface area contributed by atoms with Crippen LogP contribution in [0, 0.1) is 0 Å². The van der Waals surface area contributed by atoms with E-state index in [1.165, 1.54) is 0 Å². The molecule has 1 unspecified atom stereocenters. The van der Waals surface area contributed by atoms with E-state index in [2.05, 4.69) is 5.32 Å². The Labute approximate surface area is 126 Å². The number of rotatable bonds is 6. The first-order chi connectivity index (χ1) is 10.2. The monoisotopic (exact) mass is 283 g/mol. The third kappa shape index (κ3) is 4.35. The molecule has 3 heteroatoms. The van der Waals surface area contributed by atoms with Crippen molar-refractivity contribution in [3.8, 4) is 5.75 Å². The van der Waals surface area contributed by atoms with Gasteiger partial charge < -0.3 is 10.1 Å². The topological polar surface area (TPSA) is 38.3 Å². The van der Waals surface area contributed by atoms with Gasteiger partial charge in [-0.25, -0.2) is 0 Å². The molecule has 1 atom stereocenters. The first-order valence-corrected chi connectivity index (χ1v) is 7.27. The van der Waals surface area contributed by atoms with Crippen LogP contribution in [-0.2, 0) is 6.61 Å². The summed E-state index contributed by atoms with van der Waals surface area (Å²) in [5.74, 6) is 0.523. The van der Waals surface area contributed by atoms with Gasteiger partial charge in [-0.1, -0.05) is 49.4 Å². The standard InChI is InChI=1S/C18H21NO2/c1-3-14(2)19-18(20)16-11-7-8-12-17(16)21-13-15-9-5-4-6-10-15/h4-12,14H,3,13H2,1-2H3,(H,19,20). The van der Waals surface area contributed by atoms with Crippen LogP contribution in [0.3, 0.4) is 0 Å². The van der Waals surface area contributed by atoms with Gasteiger partial charge in [0, 0.05) is 6.04 Å². The Hall–Kier alpha value is -2.29. The van der Waals surface area contributed by atoms with Crippen LogP contribution in [0.5, 0.6) is 5.75 Å². The summed E-state index contributed by atoms with van der Waals surface area (Å²) in [4.78, 5) is 12.3.